The van der Waals surface area contributed by atoms with E-state index in [1.807, 2.05) is 48.4 Å². The molecule has 3 aromatic heterocycles. The van der Waals surface area contributed by atoms with Crippen LogP contribution in [0.3, 0.4) is 0 Å². The van der Waals surface area contributed by atoms with Gasteiger partial charge in [-0.15, -0.1) is 0 Å². The highest BCUT2D eigenvalue weighted by molar-refractivity contribution is 6.00. The van der Waals surface area contributed by atoms with Gasteiger partial charge in [0, 0.05) is 48.2 Å². The Balaban J connectivity index is 1.33. The number of amides is 1. The van der Waals surface area contributed by atoms with E-state index in [0.717, 1.165) is 34.1 Å². The summed E-state index contributed by atoms with van der Waals surface area (Å²) >= 11 is 0. The lowest BCUT2D eigenvalue weighted by atomic mass is 9.99. The first-order valence-corrected chi connectivity index (χ1v) is 11.9. The molecule has 0 saturated heterocycles. The fraction of sp³-hybridized carbons (Fsp3) is 0.138. The van der Waals surface area contributed by atoms with Gasteiger partial charge in [-0.25, -0.2) is 14.1 Å². The van der Waals surface area contributed by atoms with E-state index in [4.69, 9.17) is 5.10 Å². The molecule has 6 nitrogen and oxygen atoms in total. The Morgan fingerprint density at radius 2 is 1.86 bits per heavy atom. The third kappa shape index (κ3) is 3.98. The highest BCUT2D eigenvalue weighted by atomic mass is 19.1. The Hall–Kier alpha value is -4.52. The SMILES string of the molecule is Cc1ccc(-c2nn(-c3ccc(F)cc3)cc2C(=O)N2CC=C(c3c[nH]c4ncccc34)CC2)cc1. The van der Waals surface area contributed by atoms with E-state index in [1.54, 1.807) is 29.2 Å². The van der Waals surface area contributed by atoms with Gasteiger partial charge >= 0.3 is 0 Å². The van der Waals surface area contributed by atoms with Gasteiger partial charge in [0.05, 0.1) is 11.3 Å². The number of rotatable bonds is 4. The normalized spacial score (nSPS) is 13.7. The number of hydrogen-bond donors (Lipinski definition) is 1. The molecule has 4 heterocycles. The fourth-order valence-electron chi connectivity index (χ4n) is 4.67. The zero-order valence-corrected chi connectivity index (χ0v) is 19.8. The number of hydrogen-bond acceptors (Lipinski definition) is 3. The van der Waals surface area contributed by atoms with E-state index in [-0.39, 0.29) is 11.7 Å². The predicted molar refractivity (Wildman–Crippen MR) is 138 cm³/mol. The number of aromatic nitrogens is 4. The first-order chi connectivity index (χ1) is 17.6. The number of carbonyl (C=O) groups is 1. The van der Waals surface area contributed by atoms with Crippen molar-refractivity contribution in [1.82, 2.24) is 24.6 Å². The molecule has 0 spiro atoms. The molecule has 178 valence electrons. The second-order valence-electron chi connectivity index (χ2n) is 9.01. The van der Waals surface area contributed by atoms with Crippen LogP contribution in [0.5, 0.6) is 0 Å². The molecule has 36 heavy (non-hydrogen) atoms. The Bertz CT molecular complexity index is 1600. The molecule has 6 rings (SSSR count). The van der Waals surface area contributed by atoms with E-state index < -0.39 is 0 Å². The van der Waals surface area contributed by atoms with E-state index in [9.17, 15) is 9.18 Å². The number of pyridine rings is 1. The number of nitrogens with one attached hydrogen (secondary N) is 1. The van der Waals surface area contributed by atoms with Crippen LogP contribution in [0.25, 0.3) is 33.6 Å². The van der Waals surface area contributed by atoms with E-state index in [0.29, 0.717) is 30.0 Å². The maximum absolute atomic E-state index is 13.7. The molecule has 0 unspecified atom stereocenters. The summed E-state index contributed by atoms with van der Waals surface area (Å²) in [6.45, 7) is 3.14. The summed E-state index contributed by atoms with van der Waals surface area (Å²) in [5.41, 5.74) is 7.03. The van der Waals surface area contributed by atoms with Gasteiger partial charge in [-0.1, -0.05) is 35.9 Å². The number of halogens is 1. The molecule has 1 amide bonds. The van der Waals surface area contributed by atoms with Gasteiger partial charge in [0.1, 0.15) is 17.2 Å². The summed E-state index contributed by atoms with van der Waals surface area (Å²) in [6, 6.07) is 18.0. The van der Waals surface area contributed by atoms with Crippen LogP contribution in [0, 0.1) is 12.7 Å². The number of benzene rings is 2. The molecule has 1 N–H and O–H groups in total. The highest BCUT2D eigenvalue weighted by Crippen LogP contribution is 2.30. The Morgan fingerprint density at radius 1 is 1.06 bits per heavy atom. The number of nitrogens with zero attached hydrogens (tertiary/aromatic N) is 4. The van der Waals surface area contributed by atoms with Crippen LogP contribution in [0.2, 0.25) is 0 Å². The molecule has 1 aliphatic heterocycles. The smallest absolute Gasteiger partial charge is 0.258 e. The maximum Gasteiger partial charge on any atom is 0.258 e. The summed E-state index contributed by atoms with van der Waals surface area (Å²) in [5.74, 6) is -0.391. The van der Waals surface area contributed by atoms with Crippen molar-refractivity contribution >= 4 is 22.5 Å². The zero-order chi connectivity index (χ0) is 24.6. The van der Waals surface area contributed by atoms with Crippen molar-refractivity contribution in [2.45, 2.75) is 13.3 Å². The second-order valence-corrected chi connectivity index (χ2v) is 9.01. The first kappa shape index (κ1) is 22.0. The van der Waals surface area contributed by atoms with Gasteiger partial charge in [0.15, 0.2) is 0 Å². The Morgan fingerprint density at radius 3 is 2.61 bits per heavy atom. The van der Waals surface area contributed by atoms with Gasteiger partial charge in [-0.05, 0) is 55.3 Å². The summed E-state index contributed by atoms with van der Waals surface area (Å²) in [6.07, 6.45) is 8.38. The lowest BCUT2D eigenvalue weighted by Gasteiger charge is -2.26. The second kappa shape index (κ2) is 8.92. The van der Waals surface area contributed by atoms with Crippen molar-refractivity contribution in [2.75, 3.05) is 13.1 Å². The average molecular weight is 478 g/mol. The number of carbonyl (C=O) groups excluding carboxylic acids is 1. The van der Waals surface area contributed by atoms with Gasteiger partial charge in [-0.2, -0.15) is 5.10 Å². The standard InChI is InChI=1S/C29H24FN5O/c1-19-4-6-21(7-5-19)27-26(18-35(33-27)23-10-8-22(30)9-11-23)29(36)34-15-12-20(13-16-34)25-17-32-28-24(25)3-2-14-31-28/h2-12,14,17-18H,13,15-16H2,1H3,(H,31,32). The maximum atomic E-state index is 13.7. The topological polar surface area (TPSA) is 66.8 Å². The lowest BCUT2D eigenvalue weighted by Crippen LogP contribution is -2.34. The number of fused-ring (bicyclic) bond motifs is 1. The summed E-state index contributed by atoms with van der Waals surface area (Å²) in [4.78, 5) is 23.2. The van der Waals surface area contributed by atoms with Crippen LogP contribution in [-0.4, -0.2) is 43.6 Å². The molecule has 2 aromatic carbocycles. The van der Waals surface area contributed by atoms with Crippen LogP contribution in [-0.2, 0) is 0 Å². The summed E-state index contributed by atoms with van der Waals surface area (Å²) in [5, 5.41) is 5.82. The fourth-order valence-corrected chi connectivity index (χ4v) is 4.67. The number of aromatic amines is 1. The summed E-state index contributed by atoms with van der Waals surface area (Å²) < 4.78 is 15.1. The van der Waals surface area contributed by atoms with Crippen LogP contribution in [0.4, 0.5) is 4.39 Å². The van der Waals surface area contributed by atoms with Crippen LogP contribution in [0.15, 0.2) is 85.3 Å². The summed E-state index contributed by atoms with van der Waals surface area (Å²) in [7, 11) is 0. The number of aryl methyl sites for hydroxylation is 1. The third-order valence-electron chi connectivity index (χ3n) is 6.65. The Kier molecular flexibility index (Phi) is 5.45. The molecule has 5 aromatic rings. The van der Waals surface area contributed by atoms with Crippen molar-refractivity contribution in [3.05, 3.63) is 108 Å². The first-order valence-electron chi connectivity index (χ1n) is 11.9. The van der Waals surface area contributed by atoms with E-state index in [1.165, 1.54) is 17.7 Å². The third-order valence-corrected chi connectivity index (χ3v) is 6.65. The minimum atomic E-state index is -0.317. The monoisotopic (exact) mass is 477 g/mol. The lowest BCUT2D eigenvalue weighted by molar-refractivity contribution is 0.0773. The van der Waals surface area contributed by atoms with Gasteiger partial charge < -0.3 is 9.88 Å². The van der Waals surface area contributed by atoms with Crippen LogP contribution in [0.1, 0.15) is 27.9 Å². The Labute approximate surface area is 207 Å². The van der Waals surface area contributed by atoms with E-state index >= 15 is 0 Å². The molecule has 7 heteroatoms. The van der Waals surface area contributed by atoms with Gasteiger partial charge in [0.25, 0.3) is 5.91 Å². The molecule has 0 radical (unpaired) electrons. The molecular weight excluding hydrogens is 453 g/mol. The van der Waals surface area contributed by atoms with Gasteiger partial charge in [0.2, 0.25) is 0 Å². The zero-order valence-electron chi connectivity index (χ0n) is 19.8. The van der Waals surface area contributed by atoms with Crippen molar-refractivity contribution < 1.29 is 9.18 Å². The van der Waals surface area contributed by atoms with Crippen molar-refractivity contribution in [3.8, 4) is 16.9 Å². The quantitative estimate of drug-likeness (QED) is 0.356. The predicted octanol–water partition coefficient (Wildman–Crippen LogP) is 5.79. The largest absolute Gasteiger partial charge is 0.346 e. The minimum absolute atomic E-state index is 0.0742. The van der Waals surface area contributed by atoms with E-state index in [2.05, 4.69) is 22.1 Å². The van der Waals surface area contributed by atoms with Crippen LogP contribution < -0.4 is 0 Å². The highest BCUT2D eigenvalue weighted by Gasteiger charge is 2.25. The van der Waals surface area contributed by atoms with Crippen molar-refractivity contribution in [3.63, 3.8) is 0 Å². The molecular formula is C29H24FN5O. The minimum Gasteiger partial charge on any atom is -0.346 e. The van der Waals surface area contributed by atoms with Crippen molar-refractivity contribution in [1.29, 1.82) is 0 Å². The van der Waals surface area contributed by atoms with Gasteiger partial charge in [-0.3, -0.25) is 4.79 Å². The molecule has 1 aliphatic rings. The molecule has 0 saturated carbocycles. The molecule has 0 fully saturated rings. The molecule has 0 atom stereocenters. The van der Waals surface area contributed by atoms with Crippen LogP contribution >= 0.6 is 0 Å². The molecule has 0 aliphatic carbocycles. The molecule has 0 bridgehead atoms. The van der Waals surface area contributed by atoms with Crippen molar-refractivity contribution in [2.24, 2.45) is 0 Å². The number of H-pyrrole nitrogens is 1. The average Bonchev–Trinajstić information content (AvgIpc) is 3.55.